The zero-order valence-corrected chi connectivity index (χ0v) is 15.8. The third-order valence-electron chi connectivity index (χ3n) is 4.71. The predicted octanol–water partition coefficient (Wildman–Crippen LogP) is 5.69. The number of nitrogens with zero attached hydrogens (tertiary/aromatic N) is 1. The van der Waals surface area contributed by atoms with Crippen LogP contribution in [-0.2, 0) is 4.74 Å². The highest BCUT2D eigenvalue weighted by molar-refractivity contribution is 5.70. The van der Waals surface area contributed by atoms with E-state index in [0.717, 1.165) is 0 Å². The van der Waals surface area contributed by atoms with Gasteiger partial charge in [-0.3, -0.25) is 4.90 Å². The van der Waals surface area contributed by atoms with E-state index in [9.17, 15) is 4.79 Å². The van der Waals surface area contributed by atoms with Crippen molar-refractivity contribution in [3.05, 3.63) is 83.9 Å². The molecule has 1 heterocycles. The molecular weight excluding hydrogens is 322 g/mol. The van der Waals surface area contributed by atoms with Crippen LogP contribution in [0.3, 0.4) is 0 Å². The minimum absolute atomic E-state index is 0.0430. The first-order valence-corrected chi connectivity index (χ1v) is 9.15. The molecule has 2 aromatic rings. The van der Waals surface area contributed by atoms with Crippen LogP contribution in [0.5, 0.6) is 0 Å². The lowest BCUT2D eigenvalue weighted by Gasteiger charge is -2.41. The maximum atomic E-state index is 13.0. The molecule has 3 nitrogen and oxygen atoms in total. The van der Waals surface area contributed by atoms with Gasteiger partial charge in [-0.15, -0.1) is 6.58 Å². The molecule has 0 unspecified atom stereocenters. The van der Waals surface area contributed by atoms with Crippen LogP contribution >= 0.6 is 0 Å². The fourth-order valence-electron chi connectivity index (χ4n) is 3.63. The van der Waals surface area contributed by atoms with Crippen LogP contribution in [0, 0.1) is 0 Å². The Bertz CT molecular complexity index is 776. The number of amides is 1. The van der Waals surface area contributed by atoms with Crippen molar-refractivity contribution in [3.8, 4) is 0 Å². The largest absolute Gasteiger partial charge is 0.444 e. The second-order valence-corrected chi connectivity index (χ2v) is 7.77. The smallest absolute Gasteiger partial charge is 0.410 e. The van der Waals surface area contributed by atoms with E-state index in [2.05, 4.69) is 36.9 Å². The molecule has 0 spiro atoms. The van der Waals surface area contributed by atoms with E-state index in [4.69, 9.17) is 4.74 Å². The first kappa shape index (κ1) is 18.2. The van der Waals surface area contributed by atoms with Crippen molar-refractivity contribution in [1.29, 1.82) is 0 Å². The Kier molecular flexibility index (Phi) is 5.17. The topological polar surface area (TPSA) is 29.5 Å². The molecule has 0 N–H and O–H groups in total. The van der Waals surface area contributed by atoms with Crippen LogP contribution in [0.15, 0.2) is 67.3 Å². The Labute approximate surface area is 156 Å². The lowest BCUT2D eigenvalue weighted by Crippen LogP contribution is -2.44. The molecule has 3 heteroatoms. The molecule has 0 aromatic heterocycles. The van der Waals surface area contributed by atoms with Crippen molar-refractivity contribution in [2.24, 2.45) is 0 Å². The molecule has 3 rings (SSSR count). The monoisotopic (exact) mass is 349 g/mol. The van der Waals surface area contributed by atoms with Crippen molar-refractivity contribution in [2.45, 2.75) is 44.8 Å². The van der Waals surface area contributed by atoms with Crippen LogP contribution < -0.4 is 0 Å². The zero-order chi connectivity index (χ0) is 18.7. The summed E-state index contributed by atoms with van der Waals surface area (Å²) in [4.78, 5) is 14.8. The highest BCUT2D eigenvalue weighted by atomic mass is 16.6. The van der Waals surface area contributed by atoms with Crippen LogP contribution in [0.25, 0.3) is 0 Å². The summed E-state index contributed by atoms with van der Waals surface area (Å²) >= 11 is 0. The summed E-state index contributed by atoms with van der Waals surface area (Å²) in [5.74, 6) is 0.140. The van der Waals surface area contributed by atoms with Crippen molar-refractivity contribution in [1.82, 2.24) is 4.90 Å². The predicted molar refractivity (Wildman–Crippen MR) is 105 cm³/mol. The maximum absolute atomic E-state index is 13.0. The van der Waals surface area contributed by atoms with Gasteiger partial charge in [-0.05, 0) is 43.9 Å². The van der Waals surface area contributed by atoms with Gasteiger partial charge in [-0.2, -0.15) is 0 Å². The standard InChI is InChI=1S/C23H27NO2/c1-5-11-21-19-15-10-9-14-18(19)20(17-12-7-6-8-13-17)16-24(21)22(25)26-23(2,3)4/h5-10,12-15,20-21H,1,11,16H2,2-4H3/t20-,21-/m0/s1. The quantitative estimate of drug-likeness (QED) is 0.667. The van der Waals surface area contributed by atoms with Crippen molar-refractivity contribution >= 4 is 6.09 Å². The molecular formula is C23H27NO2. The third kappa shape index (κ3) is 3.82. The first-order chi connectivity index (χ1) is 12.4. The van der Waals surface area contributed by atoms with Gasteiger partial charge in [0, 0.05) is 12.5 Å². The number of benzene rings is 2. The lowest BCUT2D eigenvalue weighted by molar-refractivity contribution is 0.0131. The van der Waals surface area contributed by atoms with Crippen LogP contribution in [-0.4, -0.2) is 23.1 Å². The number of carbonyl (C=O) groups is 1. The molecule has 1 amide bonds. The van der Waals surface area contributed by atoms with E-state index in [1.165, 1.54) is 16.7 Å². The van der Waals surface area contributed by atoms with Gasteiger partial charge >= 0.3 is 6.09 Å². The number of hydrogen-bond donors (Lipinski definition) is 0. The van der Waals surface area contributed by atoms with Crippen LogP contribution in [0.1, 0.15) is 55.8 Å². The molecule has 2 atom stereocenters. The molecule has 1 aliphatic heterocycles. The van der Waals surface area contributed by atoms with Gasteiger partial charge in [-0.1, -0.05) is 60.7 Å². The Morgan fingerprint density at radius 1 is 1.12 bits per heavy atom. The maximum Gasteiger partial charge on any atom is 0.410 e. The summed E-state index contributed by atoms with van der Waals surface area (Å²) < 4.78 is 5.71. The second kappa shape index (κ2) is 7.36. The molecule has 0 saturated carbocycles. The summed E-state index contributed by atoms with van der Waals surface area (Å²) in [6, 6.07) is 18.7. The van der Waals surface area contributed by atoms with E-state index in [1.54, 1.807) is 0 Å². The second-order valence-electron chi connectivity index (χ2n) is 7.77. The highest BCUT2D eigenvalue weighted by Gasteiger charge is 2.37. The fraction of sp³-hybridized carbons (Fsp3) is 0.348. The molecule has 0 radical (unpaired) electrons. The molecule has 2 aromatic carbocycles. The van der Waals surface area contributed by atoms with Gasteiger partial charge < -0.3 is 4.74 Å². The number of fused-ring (bicyclic) bond motifs is 1. The number of ether oxygens (including phenoxy) is 1. The average Bonchev–Trinajstić information content (AvgIpc) is 2.61. The summed E-state index contributed by atoms with van der Waals surface area (Å²) in [6.07, 6.45) is 2.32. The lowest BCUT2D eigenvalue weighted by atomic mass is 9.80. The molecule has 0 fully saturated rings. The normalized spacial score (nSPS) is 19.6. The Hall–Kier alpha value is -2.55. The zero-order valence-electron chi connectivity index (χ0n) is 15.8. The van der Waals surface area contributed by atoms with Gasteiger partial charge in [-0.25, -0.2) is 4.79 Å². The highest BCUT2D eigenvalue weighted by Crippen LogP contribution is 2.41. The van der Waals surface area contributed by atoms with Crippen molar-refractivity contribution in [3.63, 3.8) is 0 Å². The third-order valence-corrected chi connectivity index (χ3v) is 4.71. The van der Waals surface area contributed by atoms with E-state index >= 15 is 0 Å². The van der Waals surface area contributed by atoms with E-state index < -0.39 is 5.60 Å². The van der Waals surface area contributed by atoms with E-state index in [1.807, 2.05) is 56.0 Å². The average molecular weight is 349 g/mol. The number of carbonyl (C=O) groups excluding carboxylic acids is 1. The number of rotatable bonds is 3. The van der Waals surface area contributed by atoms with Crippen molar-refractivity contribution in [2.75, 3.05) is 6.54 Å². The number of hydrogen-bond acceptors (Lipinski definition) is 2. The minimum atomic E-state index is -0.519. The Balaban J connectivity index is 2.05. The summed E-state index contributed by atoms with van der Waals surface area (Å²) in [5.41, 5.74) is 3.16. The van der Waals surface area contributed by atoms with Gasteiger partial charge in [0.15, 0.2) is 0 Å². The summed E-state index contributed by atoms with van der Waals surface area (Å²) in [5, 5.41) is 0. The van der Waals surface area contributed by atoms with Gasteiger partial charge in [0.25, 0.3) is 0 Å². The van der Waals surface area contributed by atoms with Gasteiger partial charge in [0.2, 0.25) is 0 Å². The van der Waals surface area contributed by atoms with E-state index in [0.29, 0.717) is 13.0 Å². The summed E-state index contributed by atoms with van der Waals surface area (Å²) in [7, 11) is 0. The van der Waals surface area contributed by atoms with Crippen molar-refractivity contribution < 1.29 is 9.53 Å². The molecule has 0 aliphatic carbocycles. The molecule has 0 saturated heterocycles. The minimum Gasteiger partial charge on any atom is -0.444 e. The molecule has 0 bridgehead atoms. The Morgan fingerprint density at radius 3 is 2.35 bits per heavy atom. The molecule has 1 aliphatic rings. The van der Waals surface area contributed by atoms with Crippen LogP contribution in [0.4, 0.5) is 4.79 Å². The Morgan fingerprint density at radius 2 is 1.73 bits per heavy atom. The van der Waals surface area contributed by atoms with Gasteiger partial charge in [0.1, 0.15) is 5.60 Å². The summed E-state index contributed by atoms with van der Waals surface area (Å²) in [6.45, 7) is 10.2. The molecule has 136 valence electrons. The molecule has 26 heavy (non-hydrogen) atoms. The van der Waals surface area contributed by atoms with Gasteiger partial charge in [0.05, 0.1) is 6.04 Å². The first-order valence-electron chi connectivity index (χ1n) is 9.15. The van der Waals surface area contributed by atoms with Crippen LogP contribution in [0.2, 0.25) is 0 Å². The van der Waals surface area contributed by atoms with E-state index in [-0.39, 0.29) is 18.1 Å². The fourth-order valence-corrected chi connectivity index (χ4v) is 3.63. The SMILES string of the molecule is C=CC[C@H]1c2ccccc2[C@H](c2ccccc2)CN1C(=O)OC(C)(C)C.